The quantitative estimate of drug-likeness (QED) is 0.444. The molecule has 0 aromatic rings. The van der Waals surface area contributed by atoms with Crippen LogP contribution in [-0.2, 0) is 20.4 Å². The summed E-state index contributed by atoms with van der Waals surface area (Å²) in [4.78, 5) is 0. The van der Waals surface area contributed by atoms with E-state index in [0.717, 1.165) is 12.8 Å². The van der Waals surface area contributed by atoms with Gasteiger partial charge in [0, 0.05) is 20.4 Å². The largest absolute Gasteiger partial charge is 0.675 e. The number of rotatable bonds is 0. The first kappa shape index (κ1) is 13.6. The van der Waals surface area contributed by atoms with Gasteiger partial charge in [-0.2, -0.15) is 0 Å². The summed E-state index contributed by atoms with van der Waals surface area (Å²) >= 11 is 0. The summed E-state index contributed by atoms with van der Waals surface area (Å²) in [5.41, 5.74) is 8.31. The zero-order chi connectivity index (χ0) is 8.44. The van der Waals surface area contributed by atoms with Crippen LogP contribution < -0.4 is 5.32 Å². The van der Waals surface area contributed by atoms with Crippen molar-refractivity contribution in [3.8, 4) is 0 Å². The smallest absolute Gasteiger partial charge is 0 e. The second kappa shape index (κ2) is 5.46. The van der Waals surface area contributed by atoms with Crippen LogP contribution in [0.5, 0.6) is 0 Å². The molecule has 1 aliphatic heterocycles. The molecule has 0 aromatic heterocycles. The summed E-state index contributed by atoms with van der Waals surface area (Å²) in [7, 11) is 0. The molecule has 0 amide bonds. The van der Waals surface area contributed by atoms with E-state index in [2.05, 4.69) is 5.32 Å². The van der Waals surface area contributed by atoms with Crippen LogP contribution in [0.4, 0.5) is 0 Å². The fraction of sp³-hybridized carbons (Fsp3) is 1.00. The van der Waals surface area contributed by atoms with Crippen LogP contribution in [0.2, 0.25) is 0 Å². The molecular formula is C10H19N2ReRf-. The first-order valence-electron chi connectivity index (χ1n) is 5.23. The molecule has 0 unspecified atom stereocenters. The van der Waals surface area contributed by atoms with Gasteiger partial charge in [-0.05, 0) is 44.2 Å². The summed E-state index contributed by atoms with van der Waals surface area (Å²) in [6.07, 6.45) is 7.67. The van der Waals surface area contributed by atoms with Crippen molar-refractivity contribution >= 4 is 0 Å². The monoisotopic (exact) mass is 621 g/mol. The summed E-state index contributed by atoms with van der Waals surface area (Å²) < 4.78 is 0. The van der Waals surface area contributed by atoms with Gasteiger partial charge in [0.1, 0.15) is 0 Å². The van der Waals surface area contributed by atoms with Crippen molar-refractivity contribution in [1.29, 1.82) is 0 Å². The minimum Gasteiger partial charge on any atom is -0.675 e. The maximum absolute atomic E-state index is 7.66. The number of hydrogen-bond donors (Lipinski definition) is 1. The summed E-state index contributed by atoms with van der Waals surface area (Å²) in [5.74, 6) is 0. The second-order valence-corrected chi connectivity index (χ2v) is 4.52. The van der Waals surface area contributed by atoms with Crippen molar-refractivity contribution in [3.05, 3.63) is 5.73 Å². The van der Waals surface area contributed by atoms with Crippen LogP contribution in [0.15, 0.2) is 0 Å². The third-order valence-electron chi connectivity index (χ3n) is 3.71. The molecule has 4 heteroatoms. The molecule has 1 spiro atoms. The van der Waals surface area contributed by atoms with Crippen LogP contribution in [-0.4, -0.2) is 19.1 Å². The van der Waals surface area contributed by atoms with Crippen molar-refractivity contribution in [2.75, 3.05) is 13.1 Å². The molecule has 0 atom stereocenters. The van der Waals surface area contributed by atoms with E-state index in [4.69, 9.17) is 5.73 Å². The fourth-order valence-electron chi connectivity index (χ4n) is 2.69. The predicted molar refractivity (Wildman–Crippen MR) is 51.1 cm³/mol. The van der Waals surface area contributed by atoms with Gasteiger partial charge in [-0.15, -0.1) is 6.04 Å². The molecule has 79 valence electrons. The topological polar surface area (TPSA) is 35.8 Å². The predicted octanol–water partition coefficient (Wildman–Crippen LogP) is 2.35. The van der Waals surface area contributed by atoms with E-state index in [1.807, 2.05) is 0 Å². The van der Waals surface area contributed by atoms with Crippen LogP contribution in [0, 0.1) is 5.41 Å². The Labute approximate surface area is 94.7 Å². The van der Waals surface area contributed by atoms with Crippen molar-refractivity contribution in [3.63, 3.8) is 0 Å². The minimum absolute atomic E-state index is 0. The molecule has 0 aromatic carbocycles. The van der Waals surface area contributed by atoms with E-state index in [-0.39, 0.29) is 26.5 Å². The van der Waals surface area contributed by atoms with E-state index in [9.17, 15) is 0 Å². The molecule has 2 N–H and O–H groups in total. The van der Waals surface area contributed by atoms with Gasteiger partial charge in [0.05, 0.1) is 0 Å². The zero-order valence-corrected chi connectivity index (χ0v) is 17.9. The van der Waals surface area contributed by atoms with Gasteiger partial charge in [-0.1, -0.05) is 12.8 Å². The van der Waals surface area contributed by atoms with Crippen molar-refractivity contribution < 1.29 is 20.4 Å². The summed E-state index contributed by atoms with van der Waals surface area (Å²) in [5, 5.41) is 3.42. The van der Waals surface area contributed by atoms with Gasteiger partial charge < -0.3 is 11.1 Å². The molecule has 0 bridgehead atoms. The van der Waals surface area contributed by atoms with E-state index in [1.54, 1.807) is 0 Å². The fourth-order valence-corrected chi connectivity index (χ4v) is 2.69. The third-order valence-corrected chi connectivity index (χ3v) is 3.71. The zero-order valence-electron chi connectivity index (χ0n) is 8.82. The van der Waals surface area contributed by atoms with Gasteiger partial charge in [-0.25, -0.2) is 0 Å². The van der Waals surface area contributed by atoms with E-state index >= 15 is 0 Å². The SMILES string of the molecule is [NH-]C1CCC2(CCNCC2)CC1.[Re].[Rf]. The Bertz CT molecular complexity index is 150. The Hall–Kier alpha value is -0.418. The van der Waals surface area contributed by atoms with Crippen LogP contribution in [0.1, 0.15) is 38.5 Å². The van der Waals surface area contributed by atoms with Gasteiger partial charge in [0.15, 0.2) is 0 Å². The molecule has 1 heterocycles. The summed E-state index contributed by atoms with van der Waals surface area (Å²) in [6, 6.07) is 0.255. The standard InChI is InChI=1S/C10H19N2.Re.Rf/c11-9-1-3-10(4-2-9)5-7-12-8-6-10;;/h9,11-12H,1-8H2;;/q-1;;. The average molecular weight is 620 g/mol. The maximum atomic E-state index is 7.66. The number of nitrogens with one attached hydrogen (secondary N) is 2. The Morgan fingerprint density at radius 2 is 1.50 bits per heavy atom. The average Bonchev–Trinajstić information content (AvgIpc) is 2.13. The van der Waals surface area contributed by atoms with Gasteiger partial charge in [0.25, 0.3) is 0 Å². The van der Waals surface area contributed by atoms with E-state index in [0.29, 0.717) is 5.41 Å². The third kappa shape index (κ3) is 2.78. The van der Waals surface area contributed by atoms with Crippen LogP contribution in [0.25, 0.3) is 5.73 Å². The van der Waals surface area contributed by atoms with Crippen molar-refractivity contribution in [2.24, 2.45) is 5.41 Å². The molecule has 1 saturated carbocycles. The molecule has 14 heavy (non-hydrogen) atoms. The minimum atomic E-state index is 0. The Morgan fingerprint density at radius 3 is 2.00 bits per heavy atom. The van der Waals surface area contributed by atoms with Crippen molar-refractivity contribution in [1.82, 2.24) is 5.32 Å². The normalized spacial score (nSPS) is 26.4. The van der Waals surface area contributed by atoms with Gasteiger partial charge in [-0.3, -0.25) is 0 Å². The molecular weight excluding hydrogens is 601 g/mol. The first-order chi connectivity index (χ1) is 5.81. The van der Waals surface area contributed by atoms with E-state index < -0.39 is 0 Å². The molecule has 2 aliphatic rings. The number of hydrogen-bond acceptors (Lipinski definition) is 1. The van der Waals surface area contributed by atoms with Crippen LogP contribution >= 0.6 is 0 Å². The first-order valence-corrected chi connectivity index (χ1v) is 5.23. The Morgan fingerprint density at radius 1 is 1.00 bits per heavy atom. The molecule has 2 rings (SSSR count). The number of piperidine rings is 1. The maximum Gasteiger partial charge on any atom is 0 e. The van der Waals surface area contributed by atoms with Gasteiger partial charge >= 0.3 is 0 Å². The molecule has 1 saturated heterocycles. The van der Waals surface area contributed by atoms with E-state index in [1.165, 1.54) is 38.8 Å². The molecule has 1 radical (unpaired) electrons. The molecule has 1 aliphatic carbocycles. The Kier molecular flexibility index (Phi) is 5.30. The summed E-state index contributed by atoms with van der Waals surface area (Å²) in [6.45, 7) is 2.42. The Balaban J connectivity index is 0.000000845. The second-order valence-electron chi connectivity index (χ2n) is 4.52. The molecule has 2 nitrogen and oxygen atoms in total. The van der Waals surface area contributed by atoms with Crippen LogP contribution in [0.3, 0.4) is 0 Å². The van der Waals surface area contributed by atoms with Gasteiger partial charge in [0.2, 0.25) is 0 Å². The van der Waals surface area contributed by atoms with Crippen molar-refractivity contribution in [2.45, 2.75) is 44.6 Å². The molecule has 2 fully saturated rings.